The summed E-state index contributed by atoms with van der Waals surface area (Å²) in [6.45, 7) is -0.0374. The highest BCUT2D eigenvalue weighted by molar-refractivity contribution is 7.80. The monoisotopic (exact) mass is 249 g/mol. The quantitative estimate of drug-likeness (QED) is 0.790. The van der Waals surface area contributed by atoms with E-state index in [9.17, 15) is 18.0 Å². The number of carbonyl (C=O) groups excluding carboxylic acids is 1. The molecule has 0 unspecified atom stereocenters. The average molecular weight is 249 g/mol. The topological polar surface area (TPSA) is 29.1 Å². The minimum absolute atomic E-state index is 0.0374. The number of alkyl halides is 3. The summed E-state index contributed by atoms with van der Waals surface area (Å²) in [6, 6.07) is 6.98. The molecule has 0 aromatic heterocycles. The highest BCUT2D eigenvalue weighted by atomic mass is 32.1. The van der Waals surface area contributed by atoms with Crippen LogP contribution in [-0.2, 0) is 11.2 Å². The maximum atomic E-state index is 11.8. The van der Waals surface area contributed by atoms with Crippen molar-refractivity contribution in [2.24, 2.45) is 0 Å². The lowest BCUT2D eigenvalue weighted by Crippen LogP contribution is -2.37. The predicted molar refractivity (Wildman–Crippen MR) is 56.5 cm³/mol. The number of hydrogen-bond donors (Lipinski definition) is 2. The van der Waals surface area contributed by atoms with Crippen LogP contribution in [0, 0.1) is 0 Å². The van der Waals surface area contributed by atoms with Gasteiger partial charge < -0.3 is 5.32 Å². The van der Waals surface area contributed by atoms with E-state index in [0.29, 0.717) is 6.42 Å². The molecule has 0 atom stereocenters. The van der Waals surface area contributed by atoms with E-state index in [1.807, 2.05) is 0 Å². The molecule has 88 valence electrons. The third kappa shape index (κ3) is 4.14. The zero-order valence-corrected chi connectivity index (χ0v) is 9.11. The van der Waals surface area contributed by atoms with Crippen molar-refractivity contribution >= 4 is 18.5 Å². The number of rotatable bonds is 3. The highest BCUT2D eigenvalue weighted by Crippen LogP contribution is 2.14. The van der Waals surface area contributed by atoms with Gasteiger partial charge in [-0.1, -0.05) is 12.1 Å². The Bertz CT molecular complexity index is 361. The molecule has 1 amide bonds. The van der Waals surface area contributed by atoms with Crippen molar-refractivity contribution in [3.63, 3.8) is 0 Å². The van der Waals surface area contributed by atoms with Crippen LogP contribution in [0.4, 0.5) is 13.2 Å². The van der Waals surface area contributed by atoms with E-state index in [4.69, 9.17) is 0 Å². The summed E-state index contributed by atoms with van der Waals surface area (Å²) in [6.07, 6.45) is -4.45. The molecule has 0 radical (unpaired) electrons. The van der Waals surface area contributed by atoms with E-state index in [-0.39, 0.29) is 6.54 Å². The van der Waals surface area contributed by atoms with Gasteiger partial charge in [0.25, 0.3) is 0 Å². The van der Waals surface area contributed by atoms with Crippen LogP contribution in [0.15, 0.2) is 29.2 Å². The molecule has 6 heteroatoms. The van der Waals surface area contributed by atoms with Crippen molar-refractivity contribution in [1.82, 2.24) is 5.32 Å². The molecule has 1 N–H and O–H groups in total. The van der Waals surface area contributed by atoms with E-state index in [0.717, 1.165) is 10.5 Å². The smallest absolute Gasteiger partial charge is 0.348 e. The lowest BCUT2D eigenvalue weighted by atomic mass is 10.1. The van der Waals surface area contributed by atoms with E-state index in [1.165, 1.54) is 0 Å². The molecular formula is C10H10F3NOS. The van der Waals surface area contributed by atoms with Gasteiger partial charge in [0.2, 0.25) is 0 Å². The van der Waals surface area contributed by atoms with Crippen LogP contribution in [0.25, 0.3) is 0 Å². The van der Waals surface area contributed by atoms with Crippen LogP contribution < -0.4 is 5.32 Å². The van der Waals surface area contributed by atoms with Crippen LogP contribution >= 0.6 is 12.6 Å². The average Bonchev–Trinajstić information content (AvgIpc) is 2.19. The number of nitrogens with one attached hydrogen (secondary N) is 1. The Kier molecular flexibility index (Phi) is 4.23. The van der Waals surface area contributed by atoms with Crippen molar-refractivity contribution in [2.75, 3.05) is 6.54 Å². The Hall–Kier alpha value is -1.17. The first kappa shape index (κ1) is 12.9. The maximum absolute atomic E-state index is 11.8. The fourth-order valence-electron chi connectivity index (χ4n) is 1.08. The molecule has 0 bridgehead atoms. The molecule has 0 aliphatic carbocycles. The van der Waals surface area contributed by atoms with Gasteiger partial charge in [-0.15, -0.1) is 12.6 Å². The molecule has 0 aliphatic heterocycles. The summed E-state index contributed by atoms with van der Waals surface area (Å²) in [7, 11) is 0. The van der Waals surface area contributed by atoms with Crippen molar-refractivity contribution in [2.45, 2.75) is 17.5 Å². The van der Waals surface area contributed by atoms with Gasteiger partial charge in [0.05, 0.1) is 0 Å². The summed E-state index contributed by atoms with van der Waals surface area (Å²) >= 11 is 4.07. The van der Waals surface area contributed by atoms with Crippen LogP contribution in [0.1, 0.15) is 5.56 Å². The van der Waals surface area contributed by atoms with Crippen molar-refractivity contribution in [1.29, 1.82) is 0 Å². The van der Waals surface area contributed by atoms with Crippen LogP contribution in [0.3, 0.4) is 0 Å². The van der Waals surface area contributed by atoms with E-state index in [2.05, 4.69) is 12.6 Å². The minimum Gasteiger partial charge on any atom is -0.348 e. The Morgan fingerprint density at radius 1 is 1.25 bits per heavy atom. The Labute approximate surface area is 96.3 Å². The summed E-state index contributed by atoms with van der Waals surface area (Å²) in [5.74, 6) is -1.90. The maximum Gasteiger partial charge on any atom is 0.471 e. The Balaban J connectivity index is 2.36. The lowest BCUT2D eigenvalue weighted by Gasteiger charge is -2.07. The van der Waals surface area contributed by atoms with Gasteiger partial charge in [0, 0.05) is 11.4 Å². The van der Waals surface area contributed by atoms with Gasteiger partial charge in [-0.05, 0) is 24.1 Å². The van der Waals surface area contributed by atoms with E-state index < -0.39 is 12.1 Å². The van der Waals surface area contributed by atoms with Crippen molar-refractivity contribution < 1.29 is 18.0 Å². The molecule has 1 aromatic carbocycles. The molecule has 0 spiro atoms. The number of carbonyl (C=O) groups is 1. The molecule has 0 saturated heterocycles. The number of hydrogen-bond acceptors (Lipinski definition) is 2. The summed E-state index contributed by atoms with van der Waals surface area (Å²) in [5, 5.41) is 1.80. The largest absolute Gasteiger partial charge is 0.471 e. The van der Waals surface area contributed by atoms with E-state index in [1.54, 1.807) is 29.6 Å². The zero-order chi connectivity index (χ0) is 12.2. The van der Waals surface area contributed by atoms with Gasteiger partial charge >= 0.3 is 12.1 Å². The predicted octanol–water partition coefficient (Wildman–Crippen LogP) is 2.20. The third-order valence-electron chi connectivity index (χ3n) is 1.89. The fourth-order valence-corrected chi connectivity index (χ4v) is 1.23. The second kappa shape index (κ2) is 5.25. The molecule has 0 aliphatic rings. The SMILES string of the molecule is O=C(NCCc1ccc(S)cc1)C(F)(F)F. The van der Waals surface area contributed by atoms with Gasteiger partial charge in [-0.25, -0.2) is 0 Å². The molecule has 2 nitrogen and oxygen atoms in total. The van der Waals surface area contributed by atoms with Gasteiger partial charge in [0.1, 0.15) is 0 Å². The van der Waals surface area contributed by atoms with Crippen LogP contribution in [0.2, 0.25) is 0 Å². The number of thiol groups is 1. The van der Waals surface area contributed by atoms with Gasteiger partial charge in [-0.3, -0.25) is 4.79 Å². The van der Waals surface area contributed by atoms with Crippen LogP contribution in [-0.4, -0.2) is 18.6 Å². The zero-order valence-electron chi connectivity index (χ0n) is 8.21. The van der Waals surface area contributed by atoms with Crippen molar-refractivity contribution in [3.8, 4) is 0 Å². The molecule has 0 fully saturated rings. The second-order valence-electron chi connectivity index (χ2n) is 3.17. The summed E-state index contributed by atoms with van der Waals surface area (Å²) < 4.78 is 35.4. The second-order valence-corrected chi connectivity index (χ2v) is 3.69. The highest BCUT2D eigenvalue weighted by Gasteiger charge is 2.38. The normalized spacial score (nSPS) is 11.2. The fraction of sp³-hybridized carbons (Fsp3) is 0.300. The first-order valence-electron chi connectivity index (χ1n) is 4.52. The number of amides is 1. The Morgan fingerprint density at radius 2 is 1.81 bits per heavy atom. The molecular weight excluding hydrogens is 239 g/mol. The van der Waals surface area contributed by atoms with Crippen LogP contribution in [0.5, 0.6) is 0 Å². The molecule has 16 heavy (non-hydrogen) atoms. The molecule has 0 heterocycles. The first-order valence-corrected chi connectivity index (χ1v) is 4.97. The molecule has 1 aromatic rings. The molecule has 1 rings (SSSR count). The van der Waals surface area contributed by atoms with Gasteiger partial charge in [-0.2, -0.15) is 13.2 Å². The van der Waals surface area contributed by atoms with E-state index >= 15 is 0 Å². The summed E-state index contributed by atoms with van der Waals surface area (Å²) in [4.78, 5) is 11.2. The lowest BCUT2D eigenvalue weighted by molar-refractivity contribution is -0.173. The summed E-state index contributed by atoms with van der Waals surface area (Å²) in [5.41, 5.74) is 0.847. The molecule has 0 saturated carbocycles. The minimum atomic E-state index is -4.81. The Morgan fingerprint density at radius 3 is 2.31 bits per heavy atom. The standard InChI is InChI=1S/C10H10F3NOS/c11-10(12,13)9(15)14-6-5-7-1-3-8(16)4-2-7/h1-4,16H,5-6H2,(H,14,15). The first-order chi connectivity index (χ1) is 7.39. The van der Waals surface area contributed by atoms with Crippen molar-refractivity contribution in [3.05, 3.63) is 29.8 Å². The number of benzene rings is 1. The van der Waals surface area contributed by atoms with Gasteiger partial charge in [0.15, 0.2) is 0 Å². The third-order valence-corrected chi connectivity index (χ3v) is 2.19. The number of halogens is 3.